The average molecular weight is 269 g/mol. The summed E-state index contributed by atoms with van der Waals surface area (Å²) < 4.78 is 0. The van der Waals surface area contributed by atoms with Gasteiger partial charge in [-0.2, -0.15) is 0 Å². The molecule has 0 aliphatic heterocycles. The maximum Gasteiger partial charge on any atom is 0.227 e. The van der Waals surface area contributed by atoms with Crippen molar-refractivity contribution in [2.45, 2.75) is 52.0 Å². The van der Waals surface area contributed by atoms with Crippen LogP contribution in [0.15, 0.2) is 0 Å². The maximum atomic E-state index is 12.2. The molecular formula is C14H27N3O2. The molecule has 5 heteroatoms. The number of nitrogens with two attached hydrogens (primary N) is 1. The van der Waals surface area contributed by atoms with Crippen LogP contribution in [-0.2, 0) is 9.59 Å². The predicted octanol–water partition coefficient (Wildman–Crippen LogP) is 0.782. The van der Waals surface area contributed by atoms with E-state index in [0.717, 1.165) is 32.1 Å². The average Bonchev–Trinajstić information content (AvgIpc) is 2.59. The van der Waals surface area contributed by atoms with E-state index in [1.165, 1.54) is 0 Å². The zero-order chi connectivity index (χ0) is 14.5. The monoisotopic (exact) mass is 269 g/mol. The van der Waals surface area contributed by atoms with Crippen LogP contribution in [0.2, 0.25) is 0 Å². The number of carbonyl (C=O) groups is 2. The first-order valence-electron chi connectivity index (χ1n) is 7.14. The van der Waals surface area contributed by atoms with Crippen molar-refractivity contribution in [2.24, 2.45) is 17.1 Å². The second-order valence-electron chi connectivity index (χ2n) is 6.09. The lowest BCUT2D eigenvalue weighted by atomic mass is 9.90. The Labute approximate surface area is 115 Å². The van der Waals surface area contributed by atoms with Gasteiger partial charge in [0.05, 0.1) is 11.3 Å². The Balaban J connectivity index is 2.52. The summed E-state index contributed by atoms with van der Waals surface area (Å²) in [6.45, 7) is 3.98. The van der Waals surface area contributed by atoms with Gasteiger partial charge < -0.3 is 16.4 Å². The summed E-state index contributed by atoms with van der Waals surface area (Å²) in [5.74, 6) is -0.188. The number of hydrogen-bond acceptors (Lipinski definition) is 3. The molecule has 2 amide bonds. The van der Waals surface area contributed by atoms with E-state index in [0.29, 0.717) is 6.54 Å². The molecule has 110 valence electrons. The van der Waals surface area contributed by atoms with Crippen molar-refractivity contribution in [3.05, 3.63) is 0 Å². The summed E-state index contributed by atoms with van der Waals surface area (Å²) in [6, 6.07) is -0.0504. The molecule has 0 radical (unpaired) electrons. The first-order valence-corrected chi connectivity index (χ1v) is 7.14. The van der Waals surface area contributed by atoms with Gasteiger partial charge in [-0.1, -0.05) is 19.3 Å². The Kier molecular flexibility index (Phi) is 5.79. The lowest BCUT2D eigenvalue weighted by molar-refractivity contribution is -0.130. The van der Waals surface area contributed by atoms with Crippen molar-refractivity contribution in [3.63, 3.8) is 0 Å². The molecule has 2 atom stereocenters. The molecule has 0 aromatic carbocycles. The van der Waals surface area contributed by atoms with Crippen LogP contribution in [-0.4, -0.2) is 31.4 Å². The van der Waals surface area contributed by atoms with Gasteiger partial charge in [0, 0.05) is 19.6 Å². The molecule has 1 fully saturated rings. The number of carbonyl (C=O) groups excluding carboxylic acids is 2. The highest BCUT2D eigenvalue weighted by Gasteiger charge is 2.31. The second kappa shape index (κ2) is 6.89. The number of rotatable bonds is 4. The van der Waals surface area contributed by atoms with E-state index in [2.05, 4.69) is 10.6 Å². The molecule has 0 saturated heterocycles. The lowest BCUT2D eigenvalue weighted by Gasteiger charge is -2.26. The van der Waals surface area contributed by atoms with Crippen LogP contribution in [0.1, 0.15) is 46.0 Å². The van der Waals surface area contributed by atoms with Gasteiger partial charge >= 0.3 is 0 Å². The van der Waals surface area contributed by atoms with Gasteiger partial charge in [-0.25, -0.2) is 0 Å². The minimum absolute atomic E-state index is 0.00798. The maximum absolute atomic E-state index is 12.2. The van der Waals surface area contributed by atoms with Crippen LogP contribution < -0.4 is 16.4 Å². The third-order valence-electron chi connectivity index (χ3n) is 3.95. The fourth-order valence-electron chi connectivity index (χ4n) is 2.52. The van der Waals surface area contributed by atoms with Crippen molar-refractivity contribution in [1.29, 1.82) is 0 Å². The topological polar surface area (TPSA) is 84.2 Å². The van der Waals surface area contributed by atoms with E-state index in [-0.39, 0.29) is 23.8 Å². The fraction of sp³-hybridized carbons (Fsp3) is 0.857. The smallest absolute Gasteiger partial charge is 0.227 e. The Morgan fingerprint density at radius 1 is 1.21 bits per heavy atom. The van der Waals surface area contributed by atoms with Crippen LogP contribution >= 0.6 is 0 Å². The minimum Gasteiger partial charge on any atom is -0.359 e. The van der Waals surface area contributed by atoms with Crippen molar-refractivity contribution in [1.82, 2.24) is 10.6 Å². The van der Waals surface area contributed by atoms with E-state index in [1.54, 1.807) is 7.05 Å². The van der Waals surface area contributed by atoms with Crippen molar-refractivity contribution < 1.29 is 9.59 Å². The number of amides is 2. The highest BCUT2D eigenvalue weighted by Crippen LogP contribution is 2.23. The van der Waals surface area contributed by atoms with Gasteiger partial charge in [0.25, 0.3) is 0 Å². The van der Waals surface area contributed by atoms with Gasteiger partial charge in [0.15, 0.2) is 0 Å². The first-order chi connectivity index (χ1) is 8.88. The van der Waals surface area contributed by atoms with Crippen molar-refractivity contribution in [3.8, 4) is 0 Å². The zero-order valence-corrected chi connectivity index (χ0v) is 12.3. The van der Waals surface area contributed by atoms with Gasteiger partial charge in [0.1, 0.15) is 0 Å². The largest absolute Gasteiger partial charge is 0.359 e. The standard InChI is InChI=1S/C14H27N3O2/c1-14(2,13(19)16-3)9-17-12(18)10-7-5-4-6-8-11(10)15/h10-11H,4-9,15H2,1-3H3,(H,16,19)(H,17,18). The van der Waals surface area contributed by atoms with Gasteiger partial charge in [-0.15, -0.1) is 0 Å². The molecule has 1 saturated carbocycles. The second-order valence-corrected chi connectivity index (χ2v) is 6.09. The highest BCUT2D eigenvalue weighted by molar-refractivity contribution is 5.84. The SMILES string of the molecule is CNC(=O)C(C)(C)CNC(=O)C1CCCCCC1N. The first kappa shape index (κ1) is 16.0. The normalized spacial score (nSPS) is 24.4. The Morgan fingerprint density at radius 3 is 2.47 bits per heavy atom. The van der Waals surface area contributed by atoms with Gasteiger partial charge in [-0.05, 0) is 26.7 Å². The van der Waals surface area contributed by atoms with Crippen LogP contribution in [0.25, 0.3) is 0 Å². The summed E-state index contributed by atoms with van der Waals surface area (Å²) in [6.07, 6.45) is 5.09. The van der Waals surface area contributed by atoms with Crippen LogP contribution in [0.5, 0.6) is 0 Å². The number of nitrogens with one attached hydrogen (secondary N) is 2. The van der Waals surface area contributed by atoms with Crippen LogP contribution in [0.3, 0.4) is 0 Å². The van der Waals surface area contributed by atoms with Crippen molar-refractivity contribution in [2.75, 3.05) is 13.6 Å². The van der Waals surface area contributed by atoms with Crippen molar-refractivity contribution >= 4 is 11.8 Å². The number of hydrogen-bond donors (Lipinski definition) is 3. The van der Waals surface area contributed by atoms with Gasteiger partial charge in [0.2, 0.25) is 11.8 Å². The van der Waals surface area contributed by atoms with E-state index >= 15 is 0 Å². The summed E-state index contributed by atoms with van der Waals surface area (Å²) in [5.41, 5.74) is 5.47. The summed E-state index contributed by atoms with van der Waals surface area (Å²) >= 11 is 0. The molecule has 2 unspecified atom stereocenters. The van der Waals surface area contributed by atoms with Gasteiger partial charge in [-0.3, -0.25) is 9.59 Å². The molecule has 19 heavy (non-hydrogen) atoms. The Bertz CT molecular complexity index is 329. The fourth-order valence-corrected chi connectivity index (χ4v) is 2.52. The lowest BCUT2D eigenvalue weighted by Crippen LogP contribution is -2.47. The third-order valence-corrected chi connectivity index (χ3v) is 3.95. The molecule has 4 N–H and O–H groups in total. The summed E-state index contributed by atoms with van der Waals surface area (Å²) in [7, 11) is 1.60. The quantitative estimate of drug-likeness (QED) is 0.659. The molecule has 0 aromatic rings. The van der Waals surface area contributed by atoms with E-state index in [4.69, 9.17) is 5.73 Å². The molecule has 0 spiro atoms. The molecule has 0 aromatic heterocycles. The summed E-state index contributed by atoms with van der Waals surface area (Å²) in [5, 5.41) is 5.50. The van der Waals surface area contributed by atoms with Crippen LogP contribution in [0, 0.1) is 11.3 Å². The molecule has 1 rings (SSSR count). The molecular weight excluding hydrogens is 242 g/mol. The molecule has 5 nitrogen and oxygen atoms in total. The molecule has 1 aliphatic carbocycles. The Morgan fingerprint density at radius 2 is 1.84 bits per heavy atom. The zero-order valence-electron chi connectivity index (χ0n) is 12.3. The molecule has 0 bridgehead atoms. The molecule has 0 heterocycles. The van der Waals surface area contributed by atoms with E-state index < -0.39 is 5.41 Å². The predicted molar refractivity (Wildman–Crippen MR) is 75.4 cm³/mol. The van der Waals surface area contributed by atoms with E-state index in [9.17, 15) is 9.59 Å². The molecule has 1 aliphatic rings. The Hall–Kier alpha value is -1.10. The third kappa shape index (κ3) is 4.49. The van der Waals surface area contributed by atoms with Crippen LogP contribution in [0.4, 0.5) is 0 Å². The highest BCUT2D eigenvalue weighted by atomic mass is 16.2. The summed E-state index contributed by atoms with van der Waals surface area (Å²) in [4.78, 5) is 23.9. The minimum atomic E-state index is -0.598. The van der Waals surface area contributed by atoms with E-state index in [1.807, 2.05) is 13.8 Å².